The monoisotopic (exact) mass is 340 g/mol. The first kappa shape index (κ1) is 23.2. The normalized spacial score (nSPS) is 9.00. The van der Waals surface area contributed by atoms with E-state index in [9.17, 15) is 9.59 Å². The lowest BCUT2D eigenvalue weighted by molar-refractivity contribution is -0.140. The highest BCUT2D eigenvalue weighted by Crippen LogP contribution is 2.06. The second kappa shape index (κ2) is 13.5. The van der Waals surface area contributed by atoms with Gasteiger partial charge in [-0.15, -0.1) is 12.4 Å². The average molecular weight is 341 g/mol. The Kier molecular flexibility index (Phi) is 13.6. The van der Waals surface area contributed by atoms with E-state index >= 15 is 0 Å². The van der Waals surface area contributed by atoms with Crippen molar-refractivity contribution >= 4 is 24.3 Å². The first-order valence-corrected chi connectivity index (χ1v) is 6.82. The van der Waals surface area contributed by atoms with Gasteiger partial charge in [-0.2, -0.15) is 0 Å². The molecule has 128 valence electrons. The summed E-state index contributed by atoms with van der Waals surface area (Å²) in [5.41, 5.74) is 6.04. The molecule has 6 heteroatoms. The summed E-state index contributed by atoms with van der Waals surface area (Å²) >= 11 is 0. The Morgan fingerprint density at radius 2 is 1.78 bits per heavy atom. The van der Waals surface area contributed by atoms with Crippen molar-refractivity contribution in [3.05, 3.63) is 60.7 Å². The maximum atomic E-state index is 11.6. The van der Waals surface area contributed by atoms with Crippen LogP contribution in [0.3, 0.4) is 0 Å². The fourth-order valence-corrected chi connectivity index (χ4v) is 1.29. The predicted octanol–water partition coefficient (Wildman–Crippen LogP) is 2.32. The molecule has 0 aliphatic rings. The first-order valence-electron chi connectivity index (χ1n) is 6.82. The van der Waals surface area contributed by atoms with Crippen molar-refractivity contribution in [3.63, 3.8) is 0 Å². The summed E-state index contributed by atoms with van der Waals surface area (Å²) in [5, 5.41) is 0. The summed E-state index contributed by atoms with van der Waals surface area (Å²) in [6.07, 6.45) is 1.70. The van der Waals surface area contributed by atoms with E-state index in [0.717, 1.165) is 18.2 Å². The zero-order chi connectivity index (χ0) is 17.0. The number of halogens is 1. The molecule has 1 rings (SSSR count). The number of primary amides is 1. The van der Waals surface area contributed by atoms with Crippen LogP contribution in [0.15, 0.2) is 55.1 Å². The van der Waals surface area contributed by atoms with Crippen LogP contribution in [0.4, 0.5) is 0 Å². The van der Waals surface area contributed by atoms with Crippen molar-refractivity contribution in [2.45, 2.75) is 13.0 Å². The Labute approximate surface area is 144 Å². The third-order valence-corrected chi connectivity index (χ3v) is 2.56. The van der Waals surface area contributed by atoms with E-state index in [0.29, 0.717) is 18.6 Å². The lowest BCUT2D eigenvalue weighted by Crippen LogP contribution is -2.16. The van der Waals surface area contributed by atoms with Crippen LogP contribution in [0.25, 0.3) is 0 Å². The van der Waals surface area contributed by atoms with Gasteiger partial charge in [0.05, 0.1) is 0 Å². The summed E-state index contributed by atoms with van der Waals surface area (Å²) in [6, 6.07) is 9.63. The van der Waals surface area contributed by atoms with Crippen LogP contribution in [0.1, 0.15) is 12.0 Å². The van der Waals surface area contributed by atoms with Gasteiger partial charge in [0, 0.05) is 12.1 Å². The topological polar surface area (TPSA) is 72.6 Å². The number of nitrogens with two attached hydrogens (primary N) is 1. The molecule has 2 N–H and O–H groups in total. The van der Waals surface area contributed by atoms with Gasteiger partial charge in [-0.1, -0.05) is 43.5 Å². The zero-order valence-corrected chi connectivity index (χ0v) is 14.5. The van der Waals surface area contributed by atoms with E-state index < -0.39 is 5.91 Å². The van der Waals surface area contributed by atoms with Crippen molar-refractivity contribution in [1.29, 1.82) is 0 Å². The van der Waals surface area contributed by atoms with Gasteiger partial charge in [-0.25, -0.2) is 4.79 Å². The zero-order valence-electron chi connectivity index (χ0n) is 13.7. The van der Waals surface area contributed by atoms with E-state index in [1.54, 1.807) is 0 Å². The van der Waals surface area contributed by atoms with E-state index in [1.165, 1.54) is 0 Å². The van der Waals surface area contributed by atoms with Crippen LogP contribution in [0.5, 0.6) is 0 Å². The lowest BCUT2D eigenvalue weighted by Gasteiger charge is -2.10. The molecule has 1 amide bonds. The molecule has 0 bridgehead atoms. The fourth-order valence-electron chi connectivity index (χ4n) is 1.29. The van der Waals surface area contributed by atoms with Gasteiger partial charge in [0.15, 0.2) is 0 Å². The number of hydrogen-bond acceptors (Lipinski definition) is 4. The Bertz CT molecular complexity index is 502. The minimum atomic E-state index is -0.481. The SMILES string of the molecule is C=C(CCN(C)C)C(=O)OCc1ccccc1.C=CC(N)=O.Cl. The quantitative estimate of drug-likeness (QED) is 0.610. The average Bonchev–Trinajstić information content (AvgIpc) is 2.51. The molecule has 0 saturated carbocycles. The Morgan fingerprint density at radius 3 is 2.22 bits per heavy atom. The van der Waals surface area contributed by atoms with Crippen molar-refractivity contribution in [3.8, 4) is 0 Å². The van der Waals surface area contributed by atoms with Gasteiger partial charge in [0.1, 0.15) is 6.61 Å². The second-order valence-corrected chi connectivity index (χ2v) is 4.83. The highest BCUT2D eigenvalue weighted by atomic mass is 35.5. The third-order valence-electron chi connectivity index (χ3n) is 2.56. The minimum Gasteiger partial charge on any atom is -0.457 e. The Balaban J connectivity index is 0. The summed E-state index contributed by atoms with van der Waals surface area (Å²) in [6.45, 7) is 7.93. The standard InChI is InChI=1S/C14H19NO2.C3H5NO.ClH/c1-12(9-10-15(2)3)14(16)17-11-13-7-5-4-6-8-13;1-2-3(4)5;/h4-8H,1,9-11H2,2-3H3;2H,1H2,(H2,4,5);1H. The molecule has 0 atom stereocenters. The van der Waals surface area contributed by atoms with Crippen LogP contribution in [-0.4, -0.2) is 37.4 Å². The van der Waals surface area contributed by atoms with Crippen molar-refractivity contribution in [2.75, 3.05) is 20.6 Å². The number of hydrogen-bond donors (Lipinski definition) is 1. The number of carbonyl (C=O) groups excluding carboxylic acids is 2. The number of nitrogens with zero attached hydrogens (tertiary/aromatic N) is 1. The molecule has 0 radical (unpaired) electrons. The Hall–Kier alpha value is -2.11. The molecule has 0 unspecified atom stereocenters. The van der Waals surface area contributed by atoms with Gasteiger partial charge < -0.3 is 15.4 Å². The third kappa shape index (κ3) is 13.3. The smallest absolute Gasteiger partial charge is 0.333 e. The minimum absolute atomic E-state index is 0. The molecule has 23 heavy (non-hydrogen) atoms. The first-order chi connectivity index (χ1) is 10.4. The van der Waals surface area contributed by atoms with Gasteiger partial charge in [-0.3, -0.25) is 4.79 Å². The number of amides is 1. The predicted molar refractivity (Wildman–Crippen MR) is 95.2 cm³/mol. The molecular formula is C17H25ClN2O3. The fraction of sp³-hybridized carbons (Fsp3) is 0.294. The lowest BCUT2D eigenvalue weighted by atomic mass is 10.2. The van der Waals surface area contributed by atoms with Gasteiger partial charge >= 0.3 is 5.97 Å². The van der Waals surface area contributed by atoms with Gasteiger partial charge in [0.25, 0.3) is 0 Å². The highest BCUT2D eigenvalue weighted by molar-refractivity contribution is 5.87. The molecular weight excluding hydrogens is 316 g/mol. The van der Waals surface area contributed by atoms with Crippen LogP contribution >= 0.6 is 12.4 Å². The molecule has 0 spiro atoms. The number of carbonyl (C=O) groups is 2. The van der Waals surface area contributed by atoms with Gasteiger partial charge in [-0.05, 0) is 32.2 Å². The molecule has 0 fully saturated rings. The highest BCUT2D eigenvalue weighted by Gasteiger charge is 2.08. The number of rotatable bonds is 7. The van der Waals surface area contributed by atoms with Crippen LogP contribution < -0.4 is 5.73 Å². The summed E-state index contributed by atoms with van der Waals surface area (Å²) in [7, 11) is 3.92. The van der Waals surface area contributed by atoms with Crippen molar-refractivity contribution < 1.29 is 14.3 Å². The number of ether oxygens (including phenoxy) is 1. The molecule has 1 aromatic rings. The van der Waals surface area contributed by atoms with E-state index in [2.05, 4.69) is 18.9 Å². The molecule has 0 aliphatic heterocycles. The Morgan fingerprint density at radius 1 is 1.26 bits per heavy atom. The second-order valence-electron chi connectivity index (χ2n) is 4.83. The van der Waals surface area contributed by atoms with Crippen molar-refractivity contribution in [1.82, 2.24) is 4.90 Å². The number of esters is 1. The molecule has 0 saturated heterocycles. The van der Waals surface area contributed by atoms with E-state index in [4.69, 9.17) is 4.74 Å². The van der Waals surface area contributed by atoms with E-state index in [-0.39, 0.29) is 18.4 Å². The molecule has 5 nitrogen and oxygen atoms in total. The summed E-state index contributed by atoms with van der Waals surface area (Å²) in [5.74, 6) is -0.791. The van der Waals surface area contributed by atoms with Crippen LogP contribution in [-0.2, 0) is 20.9 Å². The maximum Gasteiger partial charge on any atom is 0.333 e. The summed E-state index contributed by atoms with van der Waals surface area (Å²) in [4.78, 5) is 23.1. The van der Waals surface area contributed by atoms with E-state index in [1.807, 2.05) is 49.3 Å². The van der Waals surface area contributed by atoms with Crippen molar-refractivity contribution in [2.24, 2.45) is 5.73 Å². The van der Waals surface area contributed by atoms with Crippen LogP contribution in [0.2, 0.25) is 0 Å². The molecule has 0 aliphatic carbocycles. The van der Waals surface area contributed by atoms with Gasteiger partial charge in [0.2, 0.25) is 5.91 Å². The number of benzene rings is 1. The largest absolute Gasteiger partial charge is 0.457 e. The molecule has 1 aromatic carbocycles. The van der Waals surface area contributed by atoms with Crippen LogP contribution in [0, 0.1) is 0 Å². The summed E-state index contributed by atoms with van der Waals surface area (Å²) < 4.78 is 5.17. The maximum absolute atomic E-state index is 11.6. The molecule has 0 aromatic heterocycles. The molecule has 0 heterocycles.